The van der Waals surface area contributed by atoms with Gasteiger partial charge >= 0.3 is 0 Å². The lowest BCUT2D eigenvalue weighted by molar-refractivity contribution is -0.117. The van der Waals surface area contributed by atoms with Gasteiger partial charge < -0.3 is 9.88 Å². The molecule has 0 aliphatic carbocycles. The molecule has 0 saturated carbocycles. The first kappa shape index (κ1) is 20.8. The summed E-state index contributed by atoms with van der Waals surface area (Å²) < 4.78 is 0. The van der Waals surface area contributed by atoms with Crippen molar-refractivity contribution >= 4 is 6.41 Å². The first-order valence-corrected chi connectivity index (χ1v) is 9.77. The Hall–Kier alpha value is -2.47. The maximum absolute atomic E-state index is 11.7. The van der Waals surface area contributed by atoms with Crippen molar-refractivity contribution < 1.29 is 4.79 Å². The zero-order chi connectivity index (χ0) is 19.5. The number of carbonyl (C=O) groups excluding carboxylic acids is 1. The minimum Gasteiger partial charge on any atom is -0.345 e. The lowest BCUT2D eigenvalue weighted by Gasteiger charge is -2.27. The smallest absolute Gasteiger partial charge is 0.255 e. The first-order chi connectivity index (χ1) is 13.3. The van der Waals surface area contributed by atoms with E-state index in [1.807, 2.05) is 32.0 Å². The van der Waals surface area contributed by atoms with Crippen LogP contribution in [0.3, 0.4) is 0 Å². The van der Waals surface area contributed by atoms with Gasteiger partial charge in [-0.3, -0.25) is 14.5 Å². The van der Waals surface area contributed by atoms with E-state index >= 15 is 0 Å². The van der Waals surface area contributed by atoms with Crippen LogP contribution in [-0.4, -0.2) is 45.8 Å². The molecule has 1 amide bonds. The Morgan fingerprint density at radius 3 is 2.44 bits per heavy atom. The molecule has 2 aliphatic heterocycles. The van der Waals surface area contributed by atoms with Gasteiger partial charge in [-0.05, 0) is 18.4 Å². The van der Waals surface area contributed by atoms with Crippen LogP contribution in [0.25, 0.3) is 0 Å². The van der Waals surface area contributed by atoms with E-state index in [1.54, 1.807) is 4.90 Å². The Kier molecular flexibility index (Phi) is 8.71. The molecule has 27 heavy (non-hydrogen) atoms. The summed E-state index contributed by atoms with van der Waals surface area (Å²) in [7, 11) is 0. The van der Waals surface area contributed by atoms with Crippen molar-refractivity contribution in [1.29, 1.82) is 0 Å². The zero-order valence-electron chi connectivity index (χ0n) is 16.4. The summed E-state index contributed by atoms with van der Waals surface area (Å²) in [5, 5.41) is 0. The van der Waals surface area contributed by atoms with Crippen molar-refractivity contribution in [3.63, 3.8) is 0 Å². The lowest BCUT2D eigenvalue weighted by Crippen LogP contribution is -2.34. The second kappa shape index (κ2) is 11.3. The maximum Gasteiger partial charge on any atom is 0.255 e. The van der Waals surface area contributed by atoms with E-state index in [2.05, 4.69) is 27.0 Å². The van der Waals surface area contributed by atoms with E-state index in [-0.39, 0.29) is 5.56 Å². The number of hydrogen-bond acceptors (Lipinski definition) is 4. The first-order valence-electron chi connectivity index (χ1n) is 9.77. The number of carbonyl (C=O) groups is 1. The number of likely N-dealkylation sites (tertiary alicyclic amines) is 1. The van der Waals surface area contributed by atoms with Gasteiger partial charge in [-0.2, -0.15) is 0 Å². The number of rotatable bonds is 3. The lowest BCUT2D eigenvalue weighted by atomic mass is 10.1. The minimum atomic E-state index is -0.00207. The van der Waals surface area contributed by atoms with Crippen LogP contribution in [0.4, 0.5) is 0 Å². The van der Waals surface area contributed by atoms with Gasteiger partial charge in [0.25, 0.3) is 5.56 Å². The summed E-state index contributed by atoms with van der Waals surface area (Å²) in [5.74, 6) is 0. The summed E-state index contributed by atoms with van der Waals surface area (Å²) >= 11 is 0. The Morgan fingerprint density at radius 2 is 1.81 bits per heavy atom. The van der Waals surface area contributed by atoms with Crippen LogP contribution in [0.15, 0.2) is 41.5 Å². The highest BCUT2D eigenvalue weighted by Gasteiger charge is 2.19. The number of amides is 1. The Labute approximate surface area is 161 Å². The molecule has 4 rings (SSSR count). The number of hydrogen-bond donors (Lipinski definition) is 1. The molecule has 1 fully saturated rings. The van der Waals surface area contributed by atoms with Gasteiger partial charge in [0, 0.05) is 39.1 Å². The number of aromatic nitrogens is 2. The molecule has 0 radical (unpaired) electrons. The van der Waals surface area contributed by atoms with Crippen molar-refractivity contribution in [2.24, 2.45) is 0 Å². The van der Waals surface area contributed by atoms with Gasteiger partial charge in [-0.1, -0.05) is 44.2 Å². The molecule has 146 valence electrons. The molecule has 6 nitrogen and oxygen atoms in total. The highest BCUT2D eigenvalue weighted by Crippen LogP contribution is 2.15. The molecule has 2 aromatic rings. The molecular formula is C21H30N4O2. The molecule has 3 heterocycles. The van der Waals surface area contributed by atoms with E-state index in [0.29, 0.717) is 6.54 Å². The van der Waals surface area contributed by atoms with Gasteiger partial charge in [0.15, 0.2) is 0 Å². The predicted octanol–water partition coefficient (Wildman–Crippen LogP) is 2.59. The summed E-state index contributed by atoms with van der Waals surface area (Å²) in [5.41, 5.74) is 3.04. The van der Waals surface area contributed by atoms with Gasteiger partial charge in [-0.15, -0.1) is 0 Å². The summed E-state index contributed by atoms with van der Waals surface area (Å²) in [6.45, 7) is 8.48. The molecule has 1 N–H and O–H groups in total. The number of nitrogens with one attached hydrogen (secondary N) is 1. The number of benzene rings is 1. The molecule has 1 aromatic heterocycles. The van der Waals surface area contributed by atoms with Gasteiger partial charge in [0.05, 0.1) is 17.6 Å². The standard InChI is InChI=1S/C14H15N3O.C5H9NO.C2H6/c18-14-12-9-17(7-6-13(12)15-10-16-14)8-11-4-2-1-3-5-11;7-5-6-3-1-2-4-6;1-2/h1-5,10H,6-9H2,(H,15,16,18);5H,1-4H2;1-2H3. The van der Waals surface area contributed by atoms with Crippen molar-refractivity contribution in [2.75, 3.05) is 19.6 Å². The average Bonchev–Trinajstić information content (AvgIpc) is 3.26. The molecule has 2 aliphatic rings. The van der Waals surface area contributed by atoms with E-state index in [9.17, 15) is 9.59 Å². The van der Waals surface area contributed by atoms with Crippen LogP contribution < -0.4 is 5.56 Å². The van der Waals surface area contributed by atoms with E-state index < -0.39 is 0 Å². The number of nitrogens with zero attached hydrogens (tertiary/aromatic N) is 3. The van der Waals surface area contributed by atoms with Gasteiger partial charge in [-0.25, -0.2) is 4.98 Å². The second-order valence-corrected chi connectivity index (χ2v) is 6.45. The minimum absolute atomic E-state index is 0.00207. The normalized spacial score (nSPS) is 15.7. The van der Waals surface area contributed by atoms with E-state index in [4.69, 9.17) is 0 Å². The number of H-pyrrole nitrogens is 1. The van der Waals surface area contributed by atoms with Crippen molar-refractivity contribution in [2.45, 2.75) is 46.2 Å². The van der Waals surface area contributed by atoms with E-state index in [1.165, 1.54) is 24.7 Å². The quantitative estimate of drug-likeness (QED) is 0.843. The highest BCUT2D eigenvalue weighted by molar-refractivity contribution is 5.47. The number of fused-ring (bicyclic) bond motifs is 1. The van der Waals surface area contributed by atoms with Crippen LogP contribution in [0, 0.1) is 0 Å². The molecule has 0 spiro atoms. The van der Waals surface area contributed by atoms with Crippen molar-refractivity contribution in [3.05, 3.63) is 63.8 Å². The molecule has 0 unspecified atom stereocenters. The monoisotopic (exact) mass is 370 g/mol. The molecule has 0 atom stereocenters. The Balaban J connectivity index is 0.000000244. The molecule has 0 bridgehead atoms. The number of aromatic amines is 1. The van der Waals surface area contributed by atoms with Crippen LogP contribution in [0.1, 0.15) is 43.5 Å². The molecule has 1 saturated heterocycles. The van der Waals surface area contributed by atoms with Crippen LogP contribution in [-0.2, 0) is 24.3 Å². The van der Waals surface area contributed by atoms with Crippen LogP contribution >= 0.6 is 0 Å². The average molecular weight is 370 g/mol. The fourth-order valence-corrected chi connectivity index (χ4v) is 3.23. The fourth-order valence-electron chi connectivity index (χ4n) is 3.23. The summed E-state index contributed by atoms with van der Waals surface area (Å²) in [4.78, 5) is 32.7. The SMILES string of the molecule is CC.O=CN1CCCC1.O=c1[nH]cnc2c1CN(Cc1ccccc1)CC2. The summed E-state index contributed by atoms with van der Waals surface area (Å²) in [6.07, 6.45) is 5.66. The molecular weight excluding hydrogens is 340 g/mol. The van der Waals surface area contributed by atoms with Gasteiger partial charge in [0.2, 0.25) is 6.41 Å². The van der Waals surface area contributed by atoms with E-state index in [0.717, 1.165) is 50.3 Å². The largest absolute Gasteiger partial charge is 0.345 e. The molecule has 1 aromatic carbocycles. The maximum atomic E-state index is 11.7. The third-order valence-electron chi connectivity index (χ3n) is 4.62. The van der Waals surface area contributed by atoms with Crippen LogP contribution in [0.5, 0.6) is 0 Å². The Morgan fingerprint density at radius 1 is 1.11 bits per heavy atom. The summed E-state index contributed by atoms with van der Waals surface area (Å²) in [6, 6.07) is 10.3. The van der Waals surface area contributed by atoms with Crippen molar-refractivity contribution in [3.8, 4) is 0 Å². The Bertz CT molecular complexity index is 739. The third kappa shape index (κ3) is 6.32. The highest BCUT2D eigenvalue weighted by atomic mass is 16.1. The molecule has 6 heteroatoms. The zero-order valence-corrected chi connectivity index (χ0v) is 16.4. The topological polar surface area (TPSA) is 69.3 Å². The third-order valence-corrected chi connectivity index (χ3v) is 4.62. The fraction of sp³-hybridized carbons (Fsp3) is 0.476. The second-order valence-electron chi connectivity index (χ2n) is 6.45. The van der Waals surface area contributed by atoms with Crippen LogP contribution in [0.2, 0.25) is 0 Å². The van der Waals surface area contributed by atoms with Crippen molar-refractivity contribution in [1.82, 2.24) is 19.8 Å². The van der Waals surface area contributed by atoms with Gasteiger partial charge in [0.1, 0.15) is 0 Å². The predicted molar refractivity (Wildman–Crippen MR) is 107 cm³/mol.